The van der Waals surface area contributed by atoms with Crippen molar-refractivity contribution in [2.45, 2.75) is 11.5 Å². The largest absolute Gasteiger partial charge is 0.456 e. The highest BCUT2D eigenvalue weighted by molar-refractivity contribution is 7.90. The predicted molar refractivity (Wildman–Crippen MR) is 76.7 cm³/mol. The molecular weight excluding hydrogens is 290 g/mol. The van der Waals surface area contributed by atoms with Crippen LogP contribution in [0.5, 0.6) is 11.5 Å². The Bertz CT molecular complexity index is 807. The summed E-state index contributed by atoms with van der Waals surface area (Å²) < 4.78 is 28.6. The molecule has 2 aromatic rings. The van der Waals surface area contributed by atoms with Crippen LogP contribution >= 0.6 is 0 Å². The second-order valence-electron chi connectivity index (χ2n) is 4.45. The summed E-state index contributed by atoms with van der Waals surface area (Å²) in [4.78, 5) is 0.144. The Morgan fingerprint density at radius 1 is 1.24 bits per heavy atom. The van der Waals surface area contributed by atoms with Gasteiger partial charge in [0.15, 0.2) is 9.84 Å². The van der Waals surface area contributed by atoms with E-state index in [1.54, 1.807) is 24.3 Å². The van der Waals surface area contributed by atoms with E-state index in [4.69, 9.17) is 15.1 Å². The van der Waals surface area contributed by atoms with E-state index in [0.29, 0.717) is 17.1 Å². The quantitative estimate of drug-likeness (QED) is 0.936. The first-order chi connectivity index (χ1) is 9.94. The maximum atomic E-state index is 11.5. The summed E-state index contributed by atoms with van der Waals surface area (Å²) >= 11 is 0. The van der Waals surface area contributed by atoms with Gasteiger partial charge < -0.3 is 9.84 Å². The van der Waals surface area contributed by atoms with Gasteiger partial charge in [0, 0.05) is 6.26 Å². The molecule has 0 aliphatic carbocycles. The van der Waals surface area contributed by atoms with Crippen LogP contribution < -0.4 is 4.74 Å². The lowest BCUT2D eigenvalue weighted by Crippen LogP contribution is -1.97. The van der Waals surface area contributed by atoms with Crippen LogP contribution in [0, 0.1) is 11.3 Å². The van der Waals surface area contributed by atoms with Gasteiger partial charge in [0.1, 0.15) is 17.6 Å². The van der Waals surface area contributed by atoms with Crippen molar-refractivity contribution in [3.63, 3.8) is 0 Å². The molecule has 0 atom stereocenters. The Morgan fingerprint density at radius 3 is 2.62 bits per heavy atom. The van der Waals surface area contributed by atoms with Crippen molar-refractivity contribution in [1.29, 1.82) is 5.26 Å². The van der Waals surface area contributed by atoms with Gasteiger partial charge in [-0.3, -0.25) is 0 Å². The van der Waals surface area contributed by atoms with Crippen LogP contribution in [0.3, 0.4) is 0 Å². The molecule has 0 bridgehead atoms. The fourth-order valence-electron chi connectivity index (χ4n) is 1.75. The Morgan fingerprint density at radius 2 is 2.00 bits per heavy atom. The molecule has 2 aromatic carbocycles. The van der Waals surface area contributed by atoms with Crippen molar-refractivity contribution in [3.05, 3.63) is 53.6 Å². The molecule has 0 unspecified atom stereocenters. The number of aliphatic hydroxyl groups is 1. The number of hydrogen-bond acceptors (Lipinski definition) is 5. The molecule has 0 saturated heterocycles. The van der Waals surface area contributed by atoms with E-state index in [2.05, 4.69) is 0 Å². The molecule has 0 aliphatic rings. The van der Waals surface area contributed by atoms with Gasteiger partial charge in [-0.2, -0.15) is 5.26 Å². The van der Waals surface area contributed by atoms with Gasteiger partial charge in [0.25, 0.3) is 0 Å². The maximum absolute atomic E-state index is 11.5. The highest BCUT2D eigenvalue weighted by atomic mass is 32.2. The van der Waals surface area contributed by atoms with Gasteiger partial charge in [-0.25, -0.2) is 8.42 Å². The minimum atomic E-state index is -3.32. The van der Waals surface area contributed by atoms with Crippen LogP contribution in [0.15, 0.2) is 47.4 Å². The number of rotatable bonds is 4. The molecule has 2 rings (SSSR count). The zero-order valence-corrected chi connectivity index (χ0v) is 12.1. The highest BCUT2D eigenvalue weighted by Crippen LogP contribution is 2.27. The lowest BCUT2D eigenvalue weighted by atomic mass is 10.1. The normalized spacial score (nSPS) is 10.9. The van der Waals surface area contributed by atoms with E-state index in [0.717, 1.165) is 6.26 Å². The molecule has 21 heavy (non-hydrogen) atoms. The smallest absolute Gasteiger partial charge is 0.175 e. The van der Waals surface area contributed by atoms with Crippen molar-refractivity contribution in [1.82, 2.24) is 0 Å². The summed E-state index contributed by atoms with van der Waals surface area (Å²) in [5.41, 5.74) is 0.870. The van der Waals surface area contributed by atoms with Crippen molar-refractivity contribution in [3.8, 4) is 17.6 Å². The van der Waals surface area contributed by atoms with Gasteiger partial charge in [-0.05, 0) is 35.9 Å². The lowest BCUT2D eigenvalue weighted by Gasteiger charge is -2.09. The molecule has 0 aromatic heterocycles. The molecule has 1 N–H and O–H groups in total. The number of sulfone groups is 1. The minimum Gasteiger partial charge on any atom is -0.456 e. The molecule has 108 valence electrons. The first-order valence-electron chi connectivity index (χ1n) is 6.06. The molecule has 0 amide bonds. The zero-order valence-electron chi connectivity index (χ0n) is 11.3. The maximum Gasteiger partial charge on any atom is 0.175 e. The van der Waals surface area contributed by atoms with E-state index in [-0.39, 0.29) is 17.1 Å². The van der Waals surface area contributed by atoms with Gasteiger partial charge in [0.05, 0.1) is 17.1 Å². The Kier molecular flexibility index (Phi) is 4.26. The number of ether oxygens (including phenoxy) is 1. The zero-order chi connectivity index (χ0) is 15.5. The standard InChI is InChI=1S/C15H13NO4S/c1-21(18,19)14-4-2-3-13(8-14)20-15-6-5-11(10-17)7-12(15)9-16/h2-8,17H,10H2,1H3. The Labute approximate surface area is 123 Å². The highest BCUT2D eigenvalue weighted by Gasteiger charge is 2.10. The third kappa shape index (κ3) is 3.60. The van der Waals surface area contributed by atoms with Crippen LogP contribution in [0.25, 0.3) is 0 Å². The molecule has 0 saturated carbocycles. The van der Waals surface area contributed by atoms with Crippen LogP contribution in [0.2, 0.25) is 0 Å². The summed E-state index contributed by atoms with van der Waals surface area (Å²) in [6.07, 6.45) is 1.11. The van der Waals surface area contributed by atoms with Gasteiger partial charge in [0.2, 0.25) is 0 Å². The van der Waals surface area contributed by atoms with Gasteiger partial charge >= 0.3 is 0 Å². The average molecular weight is 303 g/mol. The van der Waals surface area contributed by atoms with Crippen LogP contribution in [-0.4, -0.2) is 19.8 Å². The minimum absolute atomic E-state index is 0.144. The lowest BCUT2D eigenvalue weighted by molar-refractivity contribution is 0.281. The second-order valence-corrected chi connectivity index (χ2v) is 6.47. The Hall–Kier alpha value is -2.36. The van der Waals surface area contributed by atoms with Crippen molar-refractivity contribution >= 4 is 9.84 Å². The molecule has 0 fully saturated rings. The topological polar surface area (TPSA) is 87.4 Å². The number of nitriles is 1. The molecular formula is C15H13NO4S. The third-order valence-electron chi connectivity index (χ3n) is 2.81. The first-order valence-corrected chi connectivity index (χ1v) is 7.95. The second kappa shape index (κ2) is 5.95. The third-order valence-corrected chi connectivity index (χ3v) is 3.92. The molecule has 0 radical (unpaired) electrons. The average Bonchev–Trinajstić information content (AvgIpc) is 2.47. The van der Waals surface area contributed by atoms with Crippen molar-refractivity contribution in [2.24, 2.45) is 0 Å². The summed E-state index contributed by atoms with van der Waals surface area (Å²) in [5, 5.41) is 18.1. The molecule has 0 spiro atoms. The van der Waals surface area contributed by atoms with E-state index >= 15 is 0 Å². The first kappa shape index (κ1) is 15.0. The van der Waals surface area contributed by atoms with Crippen molar-refractivity contribution in [2.75, 3.05) is 6.26 Å². The summed E-state index contributed by atoms with van der Waals surface area (Å²) in [7, 11) is -3.32. The monoisotopic (exact) mass is 303 g/mol. The fraction of sp³-hybridized carbons (Fsp3) is 0.133. The number of hydrogen-bond donors (Lipinski definition) is 1. The number of benzene rings is 2. The summed E-state index contributed by atoms with van der Waals surface area (Å²) in [6, 6.07) is 12.8. The number of nitrogens with zero attached hydrogens (tertiary/aromatic N) is 1. The van der Waals surface area contributed by atoms with E-state index in [1.165, 1.54) is 18.2 Å². The van der Waals surface area contributed by atoms with Crippen LogP contribution in [0.4, 0.5) is 0 Å². The molecule has 0 heterocycles. The van der Waals surface area contributed by atoms with Gasteiger partial charge in [-0.1, -0.05) is 12.1 Å². The van der Waals surface area contributed by atoms with E-state index in [9.17, 15) is 8.42 Å². The summed E-state index contributed by atoms with van der Waals surface area (Å²) in [5.74, 6) is 0.631. The number of aliphatic hydroxyl groups excluding tert-OH is 1. The van der Waals surface area contributed by atoms with E-state index in [1.807, 2.05) is 6.07 Å². The van der Waals surface area contributed by atoms with Crippen LogP contribution in [-0.2, 0) is 16.4 Å². The Balaban J connectivity index is 2.37. The van der Waals surface area contributed by atoms with E-state index < -0.39 is 9.84 Å². The summed E-state index contributed by atoms with van der Waals surface area (Å²) in [6.45, 7) is -0.168. The van der Waals surface area contributed by atoms with Gasteiger partial charge in [-0.15, -0.1) is 0 Å². The molecule has 6 heteroatoms. The van der Waals surface area contributed by atoms with Crippen LogP contribution in [0.1, 0.15) is 11.1 Å². The molecule has 0 aliphatic heterocycles. The fourth-order valence-corrected chi connectivity index (χ4v) is 2.40. The SMILES string of the molecule is CS(=O)(=O)c1cccc(Oc2ccc(CO)cc2C#N)c1. The molecule has 5 nitrogen and oxygen atoms in total. The van der Waals surface area contributed by atoms with Crippen molar-refractivity contribution < 1.29 is 18.3 Å². The predicted octanol–water partition coefficient (Wildman–Crippen LogP) is 2.25.